The first-order chi connectivity index (χ1) is 6.74. The molecule has 1 aliphatic rings. The molecule has 0 aromatic carbocycles. The van der Waals surface area contributed by atoms with Crippen molar-refractivity contribution in [2.75, 3.05) is 20.2 Å². The van der Waals surface area contributed by atoms with Gasteiger partial charge in [-0.25, -0.2) is 0 Å². The van der Waals surface area contributed by atoms with Crippen LogP contribution in [0.1, 0.15) is 39.5 Å². The summed E-state index contributed by atoms with van der Waals surface area (Å²) in [4.78, 5) is 0. The van der Waals surface area contributed by atoms with Gasteiger partial charge in [-0.05, 0) is 51.1 Å². The maximum atomic E-state index is 5.64. The van der Waals surface area contributed by atoms with Crippen LogP contribution in [-0.2, 0) is 4.74 Å². The summed E-state index contributed by atoms with van der Waals surface area (Å²) < 4.78 is 5.64. The second kappa shape index (κ2) is 6.41. The minimum Gasteiger partial charge on any atom is -0.378 e. The van der Waals surface area contributed by atoms with Crippen LogP contribution in [0.5, 0.6) is 0 Å². The van der Waals surface area contributed by atoms with Gasteiger partial charge in [0, 0.05) is 6.61 Å². The van der Waals surface area contributed by atoms with Crippen LogP contribution < -0.4 is 5.32 Å². The van der Waals surface area contributed by atoms with Crippen molar-refractivity contribution in [3.63, 3.8) is 0 Å². The Morgan fingerprint density at radius 3 is 2.71 bits per heavy atom. The Morgan fingerprint density at radius 1 is 1.43 bits per heavy atom. The first-order valence-corrected chi connectivity index (χ1v) is 6.00. The zero-order valence-corrected chi connectivity index (χ0v) is 9.88. The third-order valence-corrected chi connectivity index (χ3v) is 3.29. The topological polar surface area (TPSA) is 21.3 Å². The fraction of sp³-hybridized carbons (Fsp3) is 1.00. The Kier molecular flexibility index (Phi) is 5.49. The van der Waals surface area contributed by atoms with E-state index >= 15 is 0 Å². The van der Waals surface area contributed by atoms with Gasteiger partial charge in [0.05, 0.1) is 6.10 Å². The predicted octanol–water partition coefficient (Wildman–Crippen LogP) is 2.44. The molecular weight excluding hydrogens is 174 g/mol. The van der Waals surface area contributed by atoms with Crippen LogP contribution in [0.2, 0.25) is 0 Å². The first kappa shape index (κ1) is 12.0. The normalized spacial score (nSPS) is 24.4. The van der Waals surface area contributed by atoms with Gasteiger partial charge in [0.25, 0.3) is 0 Å². The molecule has 1 heterocycles. The summed E-state index contributed by atoms with van der Waals surface area (Å²) in [7, 11) is 2.04. The van der Waals surface area contributed by atoms with E-state index in [1.165, 1.54) is 25.7 Å². The van der Waals surface area contributed by atoms with E-state index in [4.69, 9.17) is 4.74 Å². The smallest absolute Gasteiger partial charge is 0.0576 e. The van der Waals surface area contributed by atoms with Crippen LogP contribution in [0.4, 0.5) is 0 Å². The lowest BCUT2D eigenvalue weighted by Crippen LogP contribution is -2.24. The predicted molar refractivity (Wildman–Crippen MR) is 60.5 cm³/mol. The summed E-state index contributed by atoms with van der Waals surface area (Å²) in [6.07, 6.45) is 5.68. The summed E-state index contributed by atoms with van der Waals surface area (Å²) in [5, 5.41) is 3.28. The number of hydrogen-bond acceptors (Lipinski definition) is 2. The van der Waals surface area contributed by atoms with Crippen LogP contribution in [-0.4, -0.2) is 26.3 Å². The second-order valence-electron chi connectivity index (χ2n) is 4.77. The van der Waals surface area contributed by atoms with Crippen molar-refractivity contribution in [1.29, 1.82) is 0 Å². The first-order valence-electron chi connectivity index (χ1n) is 6.00. The highest BCUT2D eigenvalue weighted by Gasteiger charge is 2.19. The summed E-state index contributed by atoms with van der Waals surface area (Å²) in [5.74, 6) is 1.59. The minimum atomic E-state index is 0.563. The van der Waals surface area contributed by atoms with Crippen LogP contribution in [0.3, 0.4) is 0 Å². The molecule has 0 radical (unpaired) electrons. The molecule has 1 rings (SSSR count). The van der Waals surface area contributed by atoms with Gasteiger partial charge in [-0.3, -0.25) is 0 Å². The van der Waals surface area contributed by atoms with Crippen LogP contribution in [0.25, 0.3) is 0 Å². The SMILES string of the molecule is CNCC(CCC1CCCO1)C(C)C. The number of rotatable bonds is 6. The zero-order chi connectivity index (χ0) is 10.4. The molecule has 1 fully saturated rings. The monoisotopic (exact) mass is 199 g/mol. The van der Waals surface area contributed by atoms with Crippen molar-refractivity contribution >= 4 is 0 Å². The fourth-order valence-corrected chi connectivity index (χ4v) is 2.21. The van der Waals surface area contributed by atoms with Crippen molar-refractivity contribution in [3.05, 3.63) is 0 Å². The molecule has 0 spiro atoms. The van der Waals surface area contributed by atoms with Crippen molar-refractivity contribution in [2.45, 2.75) is 45.6 Å². The molecule has 0 saturated carbocycles. The molecule has 0 amide bonds. The molecule has 2 heteroatoms. The standard InChI is InChI=1S/C12H25NO/c1-10(2)11(9-13-3)6-7-12-5-4-8-14-12/h10-13H,4-9H2,1-3H3. The van der Waals surface area contributed by atoms with E-state index in [1.807, 2.05) is 7.05 Å². The molecule has 1 N–H and O–H groups in total. The Balaban J connectivity index is 2.17. The summed E-state index contributed by atoms with van der Waals surface area (Å²) in [6.45, 7) is 6.77. The molecular formula is C12H25NO. The van der Waals surface area contributed by atoms with Gasteiger partial charge >= 0.3 is 0 Å². The summed E-state index contributed by atoms with van der Waals surface area (Å²) in [5.41, 5.74) is 0. The molecule has 2 nitrogen and oxygen atoms in total. The number of hydrogen-bond donors (Lipinski definition) is 1. The third-order valence-electron chi connectivity index (χ3n) is 3.29. The Labute approximate surface area is 88.4 Å². The average Bonchev–Trinajstić information content (AvgIpc) is 2.64. The number of ether oxygens (including phenoxy) is 1. The molecule has 84 valence electrons. The van der Waals surface area contributed by atoms with Gasteiger partial charge in [0.2, 0.25) is 0 Å². The van der Waals surface area contributed by atoms with E-state index in [2.05, 4.69) is 19.2 Å². The molecule has 2 atom stereocenters. The quantitative estimate of drug-likeness (QED) is 0.709. The highest BCUT2D eigenvalue weighted by molar-refractivity contribution is 4.70. The second-order valence-corrected chi connectivity index (χ2v) is 4.77. The van der Waals surface area contributed by atoms with Crippen molar-refractivity contribution < 1.29 is 4.74 Å². The van der Waals surface area contributed by atoms with E-state index in [-0.39, 0.29) is 0 Å². The molecule has 0 aromatic heterocycles. The van der Waals surface area contributed by atoms with E-state index in [1.54, 1.807) is 0 Å². The minimum absolute atomic E-state index is 0.563. The molecule has 1 saturated heterocycles. The average molecular weight is 199 g/mol. The van der Waals surface area contributed by atoms with Crippen LogP contribution in [0, 0.1) is 11.8 Å². The fourth-order valence-electron chi connectivity index (χ4n) is 2.21. The number of nitrogens with one attached hydrogen (secondary N) is 1. The molecule has 0 aromatic rings. The van der Waals surface area contributed by atoms with Crippen molar-refractivity contribution in [1.82, 2.24) is 5.32 Å². The van der Waals surface area contributed by atoms with Gasteiger partial charge in [0.1, 0.15) is 0 Å². The third kappa shape index (κ3) is 3.97. The van der Waals surface area contributed by atoms with Crippen LogP contribution in [0.15, 0.2) is 0 Å². The van der Waals surface area contributed by atoms with Gasteiger partial charge in [-0.15, -0.1) is 0 Å². The lowest BCUT2D eigenvalue weighted by Gasteiger charge is -2.21. The molecule has 1 aliphatic heterocycles. The van der Waals surface area contributed by atoms with Gasteiger partial charge in [-0.2, -0.15) is 0 Å². The van der Waals surface area contributed by atoms with Gasteiger partial charge in [0.15, 0.2) is 0 Å². The molecule has 0 aliphatic carbocycles. The Hall–Kier alpha value is -0.0800. The van der Waals surface area contributed by atoms with Gasteiger partial charge < -0.3 is 10.1 Å². The van der Waals surface area contributed by atoms with Crippen LogP contribution >= 0.6 is 0 Å². The maximum Gasteiger partial charge on any atom is 0.0576 e. The molecule has 0 bridgehead atoms. The largest absolute Gasteiger partial charge is 0.378 e. The van der Waals surface area contributed by atoms with Gasteiger partial charge in [-0.1, -0.05) is 13.8 Å². The Morgan fingerprint density at radius 2 is 2.21 bits per heavy atom. The van der Waals surface area contributed by atoms with Crippen molar-refractivity contribution in [3.8, 4) is 0 Å². The van der Waals surface area contributed by atoms with E-state index < -0.39 is 0 Å². The summed E-state index contributed by atoms with van der Waals surface area (Å²) in [6, 6.07) is 0. The summed E-state index contributed by atoms with van der Waals surface area (Å²) >= 11 is 0. The lowest BCUT2D eigenvalue weighted by atomic mass is 9.89. The van der Waals surface area contributed by atoms with E-state index in [0.717, 1.165) is 25.0 Å². The van der Waals surface area contributed by atoms with E-state index in [0.29, 0.717) is 6.10 Å². The van der Waals surface area contributed by atoms with Crippen molar-refractivity contribution in [2.24, 2.45) is 11.8 Å². The highest BCUT2D eigenvalue weighted by atomic mass is 16.5. The van der Waals surface area contributed by atoms with E-state index in [9.17, 15) is 0 Å². The maximum absolute atomic E-state index is 5.64. The Bertz CT molecular complexity index is 141. The zero-order valence-electron chi connectivity index (χ0n) is 9.88. The highest BCUT2D eigenvalue weighted by Crippen LogP contribution is 2.22. The lowest BCUT2D eigenvalue weighted by molar-refractivity contribution is 0.0955. The molecule has 2 unspecified atom stereocenters. The molecule has 14 heavy (non-hydrogen) atoms.